The van der Waals surface area contributed by atoms with Crippen LogP contribution in [0.25, 0.3) is 0 Å². The number of hydrogen-bond donors (Lipinski definition) is 3. The zero-order chi connectivity index (χ0) is 29.1. The molecule has 0 aromatic rings. The van der Waals surface area contributed by atoms with Crippen molar-refractivity contribution >= 4 is 11.9 Å². The van der Waals surface area contributed by atoms with Crippen molar-refractivity contribution in [1.82, 2.24) is 0 Å². The number of fused-ring (bicyclic) bond motifs is 3. The van der Waals surface area contributed by atoms with Gasteiger partial charge in [0.1, 0.15) is 5.60 Å². The number of ether oxygens (including phenoxy) is 2. The molecule has 0 aliphatic heterocycles. The molecule has 0 saturated heterocycles. The maximum absolute atomic E-state index is 12.5. The van der Waals surface area contributed by atoms with Crippen LogP contribution in [0.1, 0.15) is 124 Å². The summed E-state index contributed by atoms with van der Waals surface area (Å²) in [5.74, 6) is 0.779. The molecule has 4 saturated carbocycles. The maximum atomic E-state index is 12.5. The fourth-order valence-electron chi connectivity index (χ4n) is 9.26. The van der Waals surface area contributed by atoms with Crippen LogP contribution in [0, 0.1) is 40.9 Å². The number of esters is 2. The van der Waals surface area contributed by atoms with Crippen LogP contribution in [-0.2, 0) is 19.1 Å². The molecule has 4 aliphatic carbocycles. The summed E-state index contributed by atoms with van der Waals surface area (Å²) < 4.78 is 11.0. The summed E-state index contributed by atoms with van der Waals surface area (Å²) in [6.45, 7) is 8.49. The SMILES string of the molecule is CCC1(OC(=O)COC(=O)CCC(C)C2CCC(C)C3C(O)CC4CC(O)CCC4(C)C3CC(O)C2)CCCC1. The molecule has 0 heterocycles. The van der Waals surface area contributed by atoms with Crippen LogP contribution in [0.15, 0.2) is 0 Å². The lowest BCUT2D eigenvalue weighted by molar-refractivity contribution is -0.170. The number of carbonyl (C=O) groups is 2. The van der Waals surface area contributed by atoms with Crippen LogP contribution < -0.4 is 0 Å². The normalized spacial score (nSPS) is 40.5. The van der Waals surface area contributed by atoms with Crippen molar-refractivity contribution in [3.05, 3.63) is 0 Å². The van der Waals surface area contributed by atoms with Crippen molar-refractivity contribution in [3.63, 3.8) is 0 Å². The van der Waals surface area contributed by atoms with Crippen molar-refractivity contribution < 1.29 is 34.4 Å². The Morgan fingerprint density at radius 1 is 0.925 bits per heavy atom. The van der Waals surface area contributed by atoms with Gasteiger partial charge in [0.25, 0.3) is 0 Å². The van der Waals surface area contributed by atoms with Gasteiger partial charge >= 0.3 is 11.9 Å². The monoisotopic (exact) mass is 564 g/mol. The number of hydrogen-bond acceptors (Lipinski definition) is 7. The Morgan fingerprint density at radius 2 is 1.65 bits per heavy atom. The van der Waals surface area contributed by atoms with Crippen molar-refractivity contribution in [2.24, 2.45) is 40.9 Å². The van der Waals surface area contributed by atoms with Crippen molar-refractivity contribution in [3.8, 4) is 0 Å². The van der Waals surface area contributed by atoms with Crippen molar-refractivity contribution in [2.75, 3.05) is 6.61 Å². The van der Waals surface area contributed by atoms with E-state index in [0.717, 1.165) is 70.6 Å². The lowest BCUT2D eigenvalue weighted by atomic mass is 9.49. The molecule has 4 rings (SSSR count). The van der Waals surface area contributed by atoms with E-state index in [-0.39, 0.29) is 65.9 Å². The van der Waals surface area contributed by atoms with Gasteiger partial charge < -0.3 is 24.8 Å². The summed E-state index contributed by atoms with van der Waals surface area (Å²) in [7, 11) is 0. The molecule has 0 spiro atoms. The first kappa shape index (κ1) is 31.7. The molecule has 10 unspecified atom stereocenters. The van der Waals surface area contributed by atoms with E-state index < -0.39 is 12.1 Å². The standard InChI is InChI=1S/C33H56O7/c1-5-33(13-6-7-14-33)40-30(38)20-39-29(37)11-9-21(2)23-10-8-22(3)31-27(19-26(35)16-23)32(4)15-12-25(34)17-24(32)18-28(31)36/h21-28,31,34-36H,5-20H2,1-4H3. The van der Waals surface area contributed by atoms with Crippen LogP contribution in [0.3, 0.4) is 0 Å². The molecule has 0 radical (unpaired) electrons. The first-order valence-corrected chi connectivity index (χ1v) is 16.4. The Morgan fingerprint density at radius 3 is 2.35 bits per heavy atom. The summed E-state index contributed by atoms with van der Waals surface area (Å²) >= 11 is 0. The van der Waals surface area contributed by atoms with E-state index in [4.69, 9.17) is 9.47 Å². The van der Waals surface area contributed by atoms with Crippen LogP contribution in [0.5, 0.6) is 0 Å². The molecule has 7 heteroatoms. The summed E-state index contributed by atoms with van der Waals surface area (Å²) in [6, 6.07) is 0. The fraction of sp³-hybridized carbons (Fsp3) is 0.939. The van der Waals surface area contributed by atoms with Gasteiger partial charge in [0.15, 0.2) is 6.61 Å². The molecule has 0 amide bonds. The molecular weight excluding hydrogens is 508 g/mol. The zero-order valence-electron chi connectivity index (χ0n) is 25.5. The topological polar surface area (TPSA) is 113 Å². The van der Waals surface area contributed by atoms with Gasteiger partial charge in [-0.25, -0.2) is 4.79 Å². The lowest BCUT2D eigenvalue weighted by Crippen LogP contribution is -2.54. The highest BCUT2D eigenvalue weighted by molar-refractivity contribution is 5.76. The molecule has 0 bridgehead atoms. The molecule has 4 fully saturated rings. The van der Waals surface area contributed by atoms with Gasteiger partial charge in [0.05, 0.1) is 18.3 Å². The predicted molar refractivity (Wildman–Crippen MR) is 153 cm³/mol. The van der Waals surface area contributed by atoms with E-state index in [2.05, 4.69) is 20.8 Å². The first-order valence-electron chi connectivity index (χ1n) is 16.4. The summed E-state index contributed by atoms with van der Waals surface area (Å²) in [4.78, 5) is 24.8. The molecular formula is C33H56O7. The van der Waals surface area contributed by atoms with Gasteiger partial charge in [-0.3, -0.25) is 4.79 Å². The van der Waals surface area contributed by atoms with E-state index in [1.807, 2.05) is 6.92 Å². The molecule has 0 aromatic carbocycles. The largest absolute Gasteiger partial charge is 0.457 e. The quantitative estimate of drug-likeness (QED) is 0.331. The van der Waals surface area contributed by atoms with Crippen LogP contribution in [0.4, 0.5) is 0 Å². The Bertz CT molecular complexity index is 854. The number of rotatable bonds is 8. The van der Waals surface area contributed by atoms with E-state index in [0.29, 0.717) is 31.1 Å². The van der Waals surface area contributed by atoms with Crippen molar-refractivity contribution in [1.29, 1.82) is 0 Å². The van der Waals surface area contributed by atoms with E-state index in [1.54, 1.807) is 0 Å². The third-order valence-corrected chi connectivity index (χ3v) is 12.0. The average Bonchev–Trinajstić information content (AvgIpc) is 3.39. The van der Waals surface area contributed by atoms with Gasteiger partial charge in [0, 0.05) is 6.42 Å². The van der Waals surface area contributed by atoms with Gasteiger partial charge in [-0.05, 0) is 124 Å². The number of aliphatic hydroxyl groups excluding tert-OH is 3. The van der Waals surface area contributed by atoms with Crippen LogP contribution in [-0.4, -0.2) is 57.8 Å². The Balaban J connectivity index is 1.30. The molecule has 7 nitrogen and oxygen atoms in total. The Labute approximate surface area is 241 Å². The third-order valence-electron chi connectivity index (χ3n) is 12.0. The summed E-state index contributed by atoms with van der Waals surface area (Å²) in [6.07, 6.45) is 11.2. The molecule has 3 N–H and O–H groups in total. The van der Waals surface area contributed by atoms with E-state index >= 15 is 0 Å². The minimum Gasteiger partial charge on any atom is -0.457 e. The minimum absolute atomic E-state index is 0.0449. The van der Waals surface area contributed by atoms with Gasteiger partial charge in [-0.1, -0.05) is 34.1 Å². The summed E-state index contributed by atoms with van der Waals surface area (Å²) in [5, 5.41) is 32.9. The van der Waals surface area contributed by atoms with Gasteiger partial charge in [0.2, 0.25) is 0 Å². The van der Waals surface area contributed by atoms with E-state index in [9.17, 15) is 24.9 Å². The Kier molecular flexibility index (Phi) is 10.6. The third kappa shape index (κ3) is 7.23. The zero-order valence-corrected chi connectivity index (χ0v) is 25.5. The Hall–Kier alpha value is -1.18. The van der Waals surface area contributed by atoms with Gasteiger partial charge in [-0.15, -0.1) is 0 Å². The van der Waals surface area contributed by atoms with Gasteiger partial charge in [-0.2, -0.15) is 0 Å². The highest BCUT2D eigenvalue weighted by Crippen LogP contribution is 2.59. The van der Waals surface area contributed by atoms with Crippen LogP contribution >= 0.6 is 0 Å². The number of aliphatic hydroxyl groups is 3. The predicted octanol–water partition coefficient (Wildman–Crippen LogP) is 5.56. The molecule has 230 valence electrons. The highest BCUT2D eigenvalue weighted by atomic mass is 16.6. The average molecular weight is 565 g/mol. The molecule has 0 aromatic heterocycles. The smallest absolute Gasteiger partial charge is 0.344 e. The minimum atomic E-state index is -0.453. The second-order valence-corrected chi connectivity index (χ2v) is 14.5. The second-order valence-electron chi connectivity index (χ2n) is 14.5. The second kappa shape index (κ2) is 13.4. The van der Waals surface area contributed by atoms with Crippen LogP contribution in [0.2, 0.25) is 0 Å². The number of carbonyl (C=O) groups excluding carboxylic acids is 2. The molecule has 4 aliphatic rings. The first-order chi connectivity index (χ1) is 19.0. The fourth-order valence-corrected chi connectivity index (χ4v) is 9.26. The highest BCUT2D eigenvalue weighted by Gasteiger charge is 2.55. The van der Waals surface area contributed by atoms with Crippen molar-refractivity contribution in [2.45, 2.75) is 148 Å². The molecule has 10 atom stereocenters. The maximum Gasteiger partial charge on any atom is 0.344 e. The molecule has 40 heavy (non-hydrogen) atoms. The summed E-state index contributed by atoms with van der Waals surface area (Å²) in [5.41, 5.74) is -0.333. The lowest BCUT2D eigenvalue weighted by Gasteiger charge is -2.57. The van der Waals surface area contributed by atoms with E-state index in [1.165, 1.54) is 0 Å².